The van der Waals surface area contributed by atoms with E-state index in [0.717, 1.165) is 11.6 Å². The van der Waals surface area contributed by atoms with Gasteiger partial charge >= 0.3 is 0 Å². The van der Waals surface area contributed by atoms with Crippen molar-refractivity contribution < 1.29 is 13.2 Å². The molecule has 0 radical (unpaired) electrons. The van der Waals surface area contributed by atoms with Crippen LogP contribution in [-0.2, 0) is 6.42 Å². The van der Waals surface area contributed by atoms with Crippen LogP contribution in [0.25, 0.3) is 0 Å². The van der Waals surface area contributed by atoms with Crippen molar-refractivity contribution in [2.24, 2.45) is 0 Å². The average Bonchev–Trinajstić information content (AvgIpc) is 2.38. The summed E-state index contributed by atoms with van der Waals surface area (Å²) in [6, 6.07) is 7.02. The first kappa shape index (κ1) is 15.1. The number of alkyl halides is 1. The van der Waals surface area contributed by atoms with Gasteiger partial charge in [0.05, 0.1) is 0 Å². The molecule has 2 rings (SSSR count). The number of hydrogen-bond acceptors (Lipinski definition) is 0. The Morgan fingerprint density at radius 1 is 1.00 bits per heavy atom. The van der Waals surface area contributed by atoms with Gasteiger partial charge in [0, 0.05) is 10.9 Å². The quantitative estimate of drug-likeness (QED) is 0.655. The molecule has 0 saturated heterocycles. The van der Waals surface area contributed by atoms with Gasteiger partial charge < -0.3 is 0 Å². The van der Waals surface area contributed by atoms with Gasteiger partial charge in [0.25, 0.3) is 0 Å². The molecule has 2 aromatic carbocycles. The maximum atomic E-state index is 13.6. The van der Waals surface area contributed by atoms with E-state index in [1.807, 2.05) is 0 Å². The highest BCUT2D eigenvalue weighted by molar-refractivity contribution is 9.09. The highest BCUT2D eigenvalue weighted by atomic mass is 79.9. The van der Waals surface area contributed by atoms with E-state index in [9.17, 15) is 13.2 Å². The number of hydrogen-bond donors (Lipinski definition) is 0. The predicted molar refractivity (Wildman–Crippen MR) is 77.6 cm³/mol. The van der Waals surface area contributed by atoms with E-state index in [-0.39, 0.29) is 10.6 Å². The van der Waals surface area contributed by atoms with Crippen LogP contribution in [0, 0.1) is 31.3 Å². The van der Waals surface area contributed by atoms with Crippen LogP contribution >= 0.6 is 15.9 Å². The summed E-state index contributed by atoms with van der Waals surface area (Å²) in [6.07, 6.45) is 0.372. The topological polar surface area (TPSA) is 0 Å². The van der Waals surface area contributed by atoms with E-state index >= 15 is 0 Å². The molecule has 20 heavy (non-hydrogen) atoms. The lowest BCUT2D eigenvalue weighted by atomic mass is 10.00. The summed E-state index contributed by atoms with van der Waals surface area (Å²) in [5.41, 5.74) is 2.42. The molecule has 0 bridgehead atoms. The Labute approximate surface area is 124 Å². The normalized spacial score (nSPS) is 12.5. The van der Waals surface area contributed by atoms with Crippen LogP contribution in [0.1, 0.15) is 27.1 Å². The van der Waals surface area contributed by atoms with Crippen molar-refractivity contribution in [3.05, 3.63) is 70.0 Å². The Kier molecular flexibility index (Phi) is 4.53. The SMILES string of the molecule is Cc1cc(C(Br)Cc2ccc(F)cc2F)cc(C)c1F. The Bertz CT molecular complexity index is 615. The lowest BCUT2D eigenvalue weighted by Gasteiger charge is -2.13. The minimum absolute atomic E-state index is 0.152. The minimum Gasteiger partial charge on any atom is -0.207 e. The molecule has 0 aliphatic heterocycles. The standard InChI is InChI=1S/C16H14BrF3/c1-9-5-12(6-10(2)16(9)20)14(17)7-11-3-4-13(18)8-15(11)19/h3-6,8,14H,7H2,1-2H3. The van der Waals surface area contributed by atoms with E-state index in [4.69, 9.17) is 0 Å². The van der Waals surface area contributed by atoms with Gasteiger partial charge in [-0.3, -0.25) is 0 Å². The zero-order valence-corrected chi connectivity index (χ0v) is 12.8. The summed E-state index contributed by atoms with van der Waals surface area (Å²) in [4.78, 5) is -0.152. The summed E-state index contributed by atoms with van der Waals surface area (Å²) >= 11 is 3.49. The summed E-state index contributed by atoms with van der Waals surface area (Å²) in [7, 11) is 0. The van der Waals surface area contributed by atoms with Gasteiger partial charge in [0.15, 0.2) is 0 Å². The van der Waals surface area contributed by atoms with E-state index in [0.29, 0.717) is 23.1 Å². The fraction of sp³-hybridized carbons (Fsp3) is 0.250. The van der Waals surface area contributed by atoms with Crippen LogP contribution in [-0.4, -0.2) is 0 Å². The molecule has 0 nitrogen and oxygen atoms in total. The molecule has 0 spiro atoms. The highest BCUT2D eigenvalue weighted by Crippen LogP contribution is 2.30. The van der Waals surface area contributed by atoms with Crippen molar-refractivity contribution in [2.75, 3.05) is 0 Å². The Hall–Kier alpha value is -1.29. The fourth-order valence-electron chi connectivity index (χ4n) is 2.16. The first-order valence-electron chi connectivity index (χ1n) is 6.23. The third-order valence-electron chi connectivity index (χ3n) is 3.23. The number of halogens is 4. The van der Waals surface area contributed by atoms with Gasteiger partial charge in [-0.2, -0.15) is 0 Å². The summed E-state index contributed by atoms with van der Waals surface area (Å²) < 4.78 is 40.1. The van der Waals surface area contributed by atoms with E-state index in [1.54, 1.807) is 26.0 Å². The van der Waals surface area contributed by atoms with Crippen molar-refractivity contribution >= 4 is 15.9 Å². The van der Waals surface area contributed by atoms with E-state index in [2.05, 4.69) is 15.9 Å². The zero-order chi connectivity index (χ0) is 14.9. The molecule has 0 aliphatic carbocycles. The molecule has 0 saturated carbocycles. The minimum atomic E-state index is -0.592. The second-order valence-electron chi connectivity index (χ2n) is 4.88. The molecule has 1 atom stereocenters. The summed E-state index contributed by atoms with van der Waals surface area (Å²) in [6.45, 7) is 3.40. The van der Waals surface area contributed by atoms with Gasteiger partial charge in [-0.15, -0.1) is 0 Å². The average molecular weight is 343 g/mol. The van der Waals surface area contributed by atoms with Crippen LogP contribution < -0.4 is 0 Å². The molecular formula is C16H14BrF3. The van der Waals surface area contributed by atoms with Gasteiger partial charge in [-0.1, -0.05) is 34.1 Å². The molecule has 4 heteroatoms. The smallest absolute Gasteiger partial charge is 0.129 e. The molecule has 2 aromatic rings. The molecule has 0 heterocycles. The highest BCUT2D eigenvalue weighted by Gasteiger charge is 2.14. The molecule has 106 valence electrons. The third-order valence-corrected chi connectivity index (χ3v) is 4.09. The molecule has 0 fully saturated rings. The molecule has 0 aliphatic rings. The van der Waals surface area contributed by atoms with Crippen molar-refractivity contribution in [1.29, 1.82) is 0 Å². The molecular weight excluding hydrogens is 329 g/mol. The number of benzene rings is 2. The van der Waals surface area contributed by atoms with Crippen LogP contribution in [0.3, 0.4) is 0 Å². The second kappa shape index (κ2) is 6.00. The van der Waals surface area contributed by atoms with Crippen molar-refractivity contribution in [3.8, 4) is 0 Å². The Morgan fingerprint density at radius 3 is 2.15 bits per heavy atom. The zero-order valence-electron chi connectivity index (χ0n) is 11.2. The number of rotatable bonds is 3. The Balaban J connectivity index is 2.26. The monoisotopic (exact) mass is 342 g/mol. The lowest BCUT2D eigenvalue weighted by Crippen LogP contribution is -2.01. The molecule has 0 N–H and O–H groups in total. The number of aryl methyl sites for hydroxylation is 2. The maximum Gasteiger partial charge on any atom is 0.129 e. The maximum absolute atomic E-state index is 13.6. The largest absolute Gasteiger partial charge is 0.207 e. The third kappa shape index (κ3) is 3.23. The van der Waals surface area contributed by atoms with Crippen LogP contribution in [0.2, 0.25) is 0 Å². The van der Waals surface area contributed by atoms with Crippen molar-refractivity contribution in [2.45, 2.75) is 25.1 Å². The van der Waals surface area contributed by atoms with Crippen molar-refractivity contribution in [3.63, 3.8) is 0 Å². The second-order valence-corrected chi connectivity index (χ2v) is 5.98. The van der Waals surface area contributed by atoms with Gasteiger partial charge in [0.2, 0.25) is 0 Å². The first-order chi connectivity index (χ1) is 9.38. The molecule has 1 unspecified atom stereocenters. The van der Waals surface area contributed by atoms with Crippen LogP contribution in [0.15, 0.2) is 30.3 Å². The molecule has 0 amide bonds. The van der Waals surface area contributed by atoms with Gasteiger partial charge in [0.1, 0.15) is 17.5 Å². The van der Waals surface area contributed by atoms with Gasteiger partial charge in [-0.25, -0.2) is 13.2 Å². The predicted octanol–water partition coefficient (Wildman–Crippen LogP) is 5.40. The van der Waals surface area contributed by atoms with E-state index in [1.165, 1.54) is 12.1 Å². The summed E-state index contributed by atoms with van der Waals surface area (Å²) in [5, 5.41) is 0. The summed E-state index contributed by atoms with van der Waals surface area (Å²) in [5.74, 6) is -1.38. The fourth-order valence-corrected chi connectivity index (χ4v) is 2.77. The lowest BCUT2D eigenvalue weighted by molar-refractivity contribution is 0.571. The molecule has 0 aromatic heterocycles. The van der Waals surface area contributed by atoms with E-state index < -0.39 is 11.6 Å². The Morgan fingerprint density at radius 2 is 1.60 bits per heavy atom. The van der Waals surface area contributed by atoms with Crippen molar-refractivity contribution in [1.82, 2.24) is 0 Å². The van der Waals surface area contributed by atoms with Crippen LogP contribution in [0.4, 0.5) is 13.2 Å². The first-order valence-corrected chi connectivity index (χ1v) is 7.14. The van der Waals surface area contributed by atoms with Gasteiger partial charge in [-0.05, 0) is 48.6 Å². The van der Waals surface area contributed by atoms with Crippen LogP contribution in [0.5, 0.6) is 0 Å².